The monoisotopic (exact) mass is 233 g/mol. The lowest BCUT2D eigenvalue weighted by Crippen LogP contribution is -2.27. The van der Waals surface area contributed by atoms with Crippen molar-refractivity contribution in [1.29, 1.82) is 0 Å². The number of unbranched alkanes of at least 4 members (excludes halogenated alkanes) is 1. The first kappa shape index (κ1) is 12.4. The van der Waals surface area contributed by atoms with Crippen LogP contribution in [0.3, 0.4) is 0 Å². The summed E-state index contributed by atoms with van der Waals surface area (Å²) in [5.74, 6) is 0. The van der Waals surface area contributed by atoms with E-state index in [0.29, 0.717) is 0 Å². The van der Waals surface area contributed by atoms with Gasteiger partial charge >= 0.3 is 0 Å². The van der Waals surface area contributed by atoms with Crippen LogP contribution < -0.4 is 10.6 Å². The molecule has 1 aromatic heterocycles. The van der Waals surface area contributed by atoms with E-state index in [9.17, 15) is 0 Å². The molecule has 1 heterocycles. The highest BCUT2D eigenvalue weighted by Crippen LogP contribution is 2.31. The zero-order valence-electron chi connectivity index (χ0n) is 10.9. The van der Waals surface area contributed by atoms with Gasteiger partial charge < -0.3 is 10.6 Å². The first-order valence-electron chi connectivity index (χ1n) is 6.70. The normalized spacial score (nSPS) is 16.9. The summed E-state index contributed by atoms with van der Waals surface area (Å²) >= 11 is 0. The Kier molecular flexibility index (Phi) is 4.00. The molecule has 0 spiro atoms. The first-order chi connectivity index (χ1) is 8.22. The summed E-state index contributed by atoms with van der Waals surface area (Å²) in [4.78, 5) is 6.95. The molecule has 1 aliphatic rings. The summed E-state index contributed by atoms with van der Waals surface area (Å²) in [5.41, 5.74) is 8.04. The second-order valence-electron chi connectivity index (χ2n) is 5.01. The highest BCUT2D eigenvalue weighted by atomic mass is 15.2. The Morgan fingerprint density at radius 2 is 2.24 bits per heavy atom. The number of pyridine rings is 1. The number of hydrogen-bond acceptors (Lipinski definition) is 3. The molecule has 0 bridgehead atoms. The lowest BCUT2D eigenvalue weighted by molar-refractivity contribution is 0.709. The smallest absolute Gasteiger partial charge is 0.0569 e. The van der Waals surface area contributed by atoms with Gasteiger partial charge in [-0.15, -0.1) is 0 Å². The van der Waals surface area contributed by atoms with Gasteiger partial charge in [0.05, 0.1) is 17.6 Å². The average Bonchev–Trinajstić information content (AvgIpc) is 3.14. The molecule has 0 saturated heterocycles. The van der Waals surface area contributed by atoms with Gasteiger partial charge in [-0.2, -0.15) is 0 Å². The molecule has 2 N–H and O–H groups in total. The third-order valence-corrected chi connectivity index (χ3v) is 3.31. The van der Waals surface area contributed by atoms with E-state index in [1.165, 1.54) is 31.4 Å². The third-order valence-electron chi connectivity index (χ3n) is 3.31. The number of anilines is 1. The largest absolute Gasteiger partial charge is 0.367 e. The minimum atomic E-state index is 0.0223. The van der Waals surface area contributed by atoms with Gasteiger partial charge in [0.15, 0.2) is 0 Å². The summed E-state index contributed by atoms with van der Waals surface area (Å²) < 4.78 is 0. The van der Waals surface area contributed by atoms with Crippen LogP contribution >= 0.6 is 0 Å². The number of rotatable bonds is 6. The molecular formula is C14H23N3. The highest BCUT2D eigenvalue weighted by molar-refractivity contribution is 5.47. The molecule has 1 aromatic rings. The van der Waals surface area contributed by atoms with Gasteiger partial charge in [0, 0.05) is 18.6 Å². The Morgan fingerprint density at radius 3 is 2.71 bits per heavy atom. The standard InChI is InChI=1S/C14H23N3/c1-3-4-9-17(12-5-6-12)13-7-8-14(11(2)15)16-10-13/h7-8,10-12H,3-6,9,15H2,1-2H3. The maximum Gasteiger partial charge on any atom is 0.0569 e. The zero-order valence-corrected chi connectivity index (χ0v) is 10.9. The number of nitrogens with two attached hydrogens (primary N) is 1. The molecule has 0 amide bonds. The fourth-order valence-corrected chi connectivity index (χ4v) is 2.07. The predicted molar refractivity (Wildman–Crippen MR) is 72.1 cm³/mol. The minimum absolute atomic E-state index is 0.0223. The molecule has 3 heteroatoms. The Balaban J connectivity index is 2.07. The quantitative estimate of drug-likeness (QED) is 0.821. The van der Waals surface area contributed by atoms with Crippen molar-refractivity contribution in [3.8, 4) is 0 Å². The molecule has 2 rings (SSSR count). The predicted octanol–water partition coefficient (Wildman–Crippen LogP) is 2.87. The van der Waals surface area contributed by atoms with E-state index in [1.54, 1.807) is 0 Å². The molecule has 0 aliphatic heterocycles. The van der Waals surface area contributed by atoms with Crippen LogP contribution in [0.4, 0.5) is 5.69 Å². The lowest BCUT2D eigenvalue weighted by atomic mass is 10.2. The maximum absolute atomic E-state index is 5.82. The third kappa shape index (κ3) is 3.19. The maximum atomic E-state index is 5.82. The summed E-state index contributed by atoms with van der Waals surface area (Å²) in [5, 5.41) is 0. The summed E-state index contributed by atoms with van der Waals surface area (Å²) in [6.45, 7) is 5.36. The van der Waals surface area contributed by atoms with Crippen molar-refractivity contribution in [2.45, 2.75) is 51.6 Å². The molecule has 0 aromatic carbocycles. The van der Waals surface area contributed by atoms with E-state index in [2.05, 4.69) is 28.9 Å². The van der Waals surface area contributed by atoms with Crippen LogP contribution in [0.5, 0.6) is 0 Å². The first-order valence-corrected chi connectivity index (χ1v) is 6.70. The number of hydrogen-bond donors (Lipinski definition) is 1. The van der Waals surface area contributed by atoms with Crippen molar-refractivity contribution in [2.75, 3.05) is 11.4 Å². The number of nitrogens with zero attached hydrogens (tertiary/aromatic N) is 2. The van der Waals surface area contributed by atoms with E-state index in [1.807, 2.05) is 13.1 Å². The summed E-state index contributed by atoms with van der Waals surface area (Å²) in [6, 6.07) is 5.00. The Bertz CT molecular complexity index is 341. The molecular weight excluding hydrogens is 210 g/mol. The molecule has 0 radical (unpaired) electrons. The van der Waals surface area contributed by atoms with E-state index < -0.39 is 0 Å². The second kappa shape index (κ2) is 5.50. The zero-order chi connectivity index (χ0) is 12.3. The summed E-state index contributed by atoms with van der Waals surface area (Å²) in [7, 11) is 0. The SMILES string of the molecule is CCCCN(c1ccc(C(C)N)nc1)C1CC1. The van der Waals surface area contributed by atoms with Crippen LogP contribution in [0, 0.1) is 0 Å². The van der Waals surface area contributed by atoms with Crippen LogP contribution in [0.15, 0.2) is 18.3 Å². The molecule has 1 unspecified atom stereocenters. The molecule has 3 nitrogen and oxygen atoms in total. The van der Waals surface area contributed by atoms with Gasteiger partial charge in [0.1, 0.15) is 0 Å². The van der Waals surface area contributed by atoms with Crippen molar-refractivity contribution >= 4 is 5.69 Å². The van der Waals surface area contributed by atoms with Crippen LogP contribution in [0.2, 0.25) is 0 Å². The van der Waals surface area contributed by atoms with Crippen molar-refractivity contribution in [2.24, 2.45) is 5.73 Å². The van der Waals surface area contributed by atoms with Crippen molar-refractivity contribution in [1.82, 2.24) is 4.98 Å². The van der Waals surface area contributed by atoms with E-state index in [4.69, 9.17) is 5.73 Å². The Labute approximate surface area is 104 Å². The molecule has 1 aliphatic carbocycles. The molecule has 1 atom stereocenters. The molecule has 1 saturated carbocycles. The van der Waals surface area contributed by atoms with Crippen LogP contribution in [-0.4, -0.2) is 17.6 Å². The average molecular weight is 233 g/mol. The van der Waals surface area contributed by atoms with Gasteiger partial charge in [-0.25, -0.2) is 0 Å². The fraction of sp³-hybridized carbons (Fsp3) is 0.643. The van der Waals surface area contributed by atoms with Crippen LogP contribution in [-0.2, 0) is 0 Å². The van der Waals surface area contributed by atoms with Gasteiger partial charge in [0.25, 0.3) is 0 Å². The lowest BCUT2D eigenvalue weighted by Gasteiger charge is -2.24. The van der Waals surface area contributed by atoms with Crippen LogP contribution in [0.1, 0.15) is 51.3 Å². The second-order valence-corrected chi connectivity index (χ2v) is 5.01. The Hall–Kier alpha value is -1.09. The topological polar surface area (TPSA) is 42.1 Å². The van der Waals surface area contributed by atoms with Gasteiger partial charge in [-0.1, -0.05) is 13.3 Å². The van der Waals surface area contributed by atoms with Gasteiger partial charge in [-0.05, 0) is 38.3 Å². The van der Waals surface area contributed by atoms with Crippen molar-refractivity contribution < 1.29 is 0 Å². The van der Waals surface area contributed by atoms with Crippen molar-refractivity contribution in [3.63, 3.8) is 0 Å². The van der Waals surface area contributed by atoms with Crippen molar-refractivity contribution in [3.05, 3.63) is 24.0 Å². The van der Waals surface area contributed by atoms with E-state index in [0.717, 1.165) is 18.3 Å². The molecule has 94 valence electrons. The van der Waals surface area contributed by atoms with Gasteiger partial charge in [0.2, 0.25) is 0 Å². The van der Waals surface area contributed by atoms with Gasteiger partial charge in [-0.3, -0.25) is 4.98 Å². The van der Waals surface area contributed by atoms with E-state index >= 15 is 0 Å². The highest BCUT2D eigenvalue weighted by Gasteiger charge is 2.28. The van der Waals surface area contributed by atoms with Crippen LogP contribution in [0.25, 0.3) is 0 Å². The fourth-order valence-electron chi connectivity index (χ4n) is 2.07. The minimum Gasteiger partial charge on any atom is -0.367 e. The number of aromatic nitrogens is 1. The molecule has 17 heavy (non-hydrogen) atoms. The van der Waals surface area contributed by atoms with E-state index in [-0.39, 0.29) is 6.04 Å². The molecule has 1 fully saturated rings. The summed E-state index contributed by atoms with van der Waals surface area (Å²) in [6.07, 6.45) is 7.14. The Morgan fingerprint density at radius 1 is 1.47 bits per heavy atom.